The predicted octanol–water partition coefficient (Wildman–Crippen LogP) is 6.10. The molecule has 10 nitrogen and oxygen atoms in total. The third-order valence-electron chi connectivity index (χ3n) is 12.2. The van der Waals surface area contributed by atoms with Crippen LogP contribution in [0.2, 0.25) is 5.04 Å². The summed E-state index contributed by atoms with van der Waals surface area (Å²) < 4.78 is 7.36. The maximum atomic E-state index is 14.4. The molecule has 2 saturated heterocycles. The molecule has 11 heteroatoms. The lowest BCUT2D eigenvalue weighted by molar-refractivity contribution is -0.144. The first-order valence-corrected chi connectivity index (χ1v) is 23.5. The van der Waals surface area contributed by atoms with Gasteiger partial charge in [-0.05, 0) is 78.1 Å². The van der Waals surface area contributed by atoms with Crippen LogP contribution in [0.3, 0.4) is 0 Å². The first-order chi connectivity index (χ1) is 29.3. The minimum absolute atomic E-state index is 0.197. The summed E-state index contributed by atoms with van der Waals surface area (Å²) in [5.74, 6) is -1.86. The highest BCUT2D eigenvalue weighted by Gasteiger charge is 2.52. The van der Waals surface area contributed by atoms with Gasteiger partial charge in [-0.1, -0.05) is 155 Å². The molecule has 2 fully saturated rings. The minimum Gasteiger partial charge on any atom is -0.393 e. The van der Waals surface area contributed by atoms with Gasteiger partial charge in [-0.2, -0.15) is 0 Å². The zero-order valence-electron chi connectivity index (χ0n) is 36.1. The van der Waals surface area contributed by atoms with E-state index in [1.165, 1.54) is 0 Å². The third-order valence-corrected chi connectivity index (χ3v) is 17.2. The van der Waals surface area contributed by atoms with E-state index in [9.17, 15) is 24.0 Å². The highest BCUT2D eigenvalue weighted by atomic mass is 28.4. The topological polar surface area (TPSA) is 134 Å². The second-order valence-electron chi connectivity index (χ2n) is 17.4. The molecule has 2 aliphatic heterocycles. The standard InChI is InChI=1S/C50H60N4O6Si/c1-6-50(5)48(59)52-41(35-36-23-12-7-13-24-36)47(58)54-34-22-32-42(54)46(57)51-40(45(56)53-50)31-20-11-21-33-43(55)44(37-25-14-8-15-26-37)60-61(49(2,3)4,38-27-16-9-17-28-38)39-29-18-10-19-30-39/h7-10,12-19,21,23-30,33,40-42,44H,6,11,20,22,31-32,34-35H2,1-5H3,(H,51,57)(H,52,59)(H,53,56)/b33-21+/t40-,41-,42+,44+,50+/m0/s1. The summed E-state index contributed by atoms with van der Waals surface area (Å²) in [6.07, 6.45) is 5.21. The van der Waals surface area contributed by atoms with Gasteiger partial charge in [0.2, 0.25) is 23.6 Å². The zero-order valence-corrected chi connectivity index (χ0v) is 37.1. The summed E-state index contributed by atoms with van der Waals surface area (Å²) in [6, 6.07) is 36.8. The van der Waals surface area contributed by atoms with E-state index < -0.39 is 55.8 Å². The van der Waals surface area contributed by atoms with Crippen molar-refractivity contribution in [1.82, 2.24) is 20.9 Å². The molecule has 4 aromatic carbocycles. The Balaban J connectivity index is 1.21. The number of unbranched alkanes of at least 4 members (excludes halogenated alkanes) is 1. The quantitative estimate of drug-likeness (QED) is 0.0799. The predicted molar refractivity (Wildman–Crippen MR) is 241 cm³/mol. The Kier molecular flexibility index (Phi) is 14.6. The Morgan fingerprint density at radius 3 is 1.97 bits per heavy atom. The van der Waals surface area contributed by atoms with Crippen molar-refractivity contribution in [3.8, 4) is 0 Å². The zero-order chi connectivity index (χ0) is 43.6. The highest BCUT2D eigenvalue weighted by molar-refractivity contribution is 6.99. The van der Waals surface area contributed by atoms with Crippen LogP contribution in [-0.2, 0) is 34.8 Å². The molecule has 2 aliphatic rings. The Bertz CT molecular complexity index is 2120. The van der Waals surface area contributed by atoms with Gasteiger partial charge < -0.3 is 25.3 Å². The Morgan fingerprint density at radius 2 is 1.39 bits per heavy atom. The number of nitrogens with zero attached hydrogens (tertiary/aromatic N) is 1. The summed E-state index contributed by atoms with van der Waals surface area (Å²) in [7, 11) is -3.12. The number of allylic oxidation sites excluding steroid dienone is 1. The van der Waals surface area contributed by atoms with Crippen LogP contribution in [0.1, 0.15) is 90.4 Å². The largest absolute Gasteiger partial charge is 0.393 e. The number of benzene rings is 4. The van der Waals surface area contributed by atoms with E-state index in [1.54, 1.807) is 30.9 Å². The van der Waals surface area contributed by atoms with E-state index in [1.807, 2.05) is 97.1 Å². The fraction of sp³-hybridized carbons (Fsp3) is 0.380. The molecule has 5 atom stereocenters. The summed E-state index contributed by atoms with van der Waals surface area (Å²) in [6.45, 7) is 10.4. The van der Waals surface area contributed by atoms with Crippen molar-refractivity contribution in [3.05, 3.63) is 145 Å². The maximum Gasteiger partial charge on any atom is 0.262 e. The van der Waals surface area contributed by atoms with Gasteiger partial charge in [0.05, 0.1) is 0 Å². The minimum atomic E-state index is -3.12. The molecular weight excluding hydrogens is 781 g/mol. The van der Waals surface area contributed by atoms with Crippen LogP contribution in [0, 0.1) is 0 Å². The molecule has 4 amide bonds. The van der Waals surface area contributed by atoms with E-state index in [0.29, 0.717) is 32.2 Å². The average Bonchev–Trinajstić information content (AvgIpc) is 3.77. The van der Waals surface area contributed by atoms with Crippen molar-refractivity contribution in [3.63, 3.8) is 0 Å². The Morgan fingerprint density at radius 1 is 0.820 bits per heavy atom. The molecule has 0 spiro atoms. The van der Waals surface area contributed by atoms with Gasteiger partial charge in [0.1, 0.15) is 29.8 Å². The number of fused-ring (bicyclic) bond motifs is 1. The molecule has 0 radical (unpaired) electrons. The number of amides is 4. The molecule has 0 bridgehead atoms. The van der Waals surface area contributed by atoms with Crippen molar-refractivity contribution in [2.24, 2.45) is 0 Å². The van der Waals surface area contributed by atoms with Crippen molar-refractivity contribution in [2.75, 3.05) is 6.54 Å². The monoisotopic (exact) mass is 840 g/mol. The fourth-order valence-electron chi connectivity index (χ4n) is 8.59. The second kappa shape index (κ2) is 19.8. The number of hydrogen-bond acceptors (Lipinski definition) is 6. The van der Waals surface area contributed by atoms with E-state index in [-0.39, 0.29) is 36.0 Å². The number of carbonyl (C=O) groups excluding carboxylic acids is 5. The third kappa shape index (κ3) is 10.3. The first kappa shape index (κ1) is 44.9. The lowest BCUT2D eigenvalue weighted by Gasteiger charge is -2.44. The molecule has 0 unspecified atom stereocenters. The summed E-state index contributed by atoms with van der Waals surface area (Å²) in [5, 5.41) is 10.6. The lowest BCUT2D eigenvalue weighted by Crippen LogP contribution is -2.67. The number of hydrogen-bond donors (Lipinski definition) is 3. The normalized spacial score (nSPS) is 22.0. The van der Waals surface area contributed by atoms with Gasteiger partial charge in [-0.3, -0.25) is 24.0 Å². The van der Waals surface area contributed by atoms with Gasteiger partial charge in [0, 0.05) is 13.0 Å². The maximum absolute atomic E-state index is 14.4. The second-order valence-corrected chi connectivity index (χ2v) is 21.7. The first-order valence-electron chi connectivity index (χ1n) is 21.6. The molecule has 4 aromatic rings. The van der Waals surface area contributed by atoms with Crippen LogP contribution in [0.4, 0.5) is 0 Å². The van der Waals surface area contributed by atoms with Crippen LogP contribution >= 0.6 is 0 Å². The van der Waals surface area contributed by atoms with Crippen LogP contribution < -0.4 is 26.3 Å². The van der Waals surface area contributed by atoms with E-state index in [2.05, 4.69) is 61.0 Å². The molecule has 0 saturated carbocycles. The smallest absolute Gasteiger partial charge is 0.262 e. The SMILES string of the molecule is CC[C@@]1(C)NC(=O)[C@H](CCC/C=C/C(=O)[C@H](O[Si](c2ccccc2)(c2ccccc2)C(C)(C)C)c2ccccc2)NC(=O)[C@H]2CCCN2C(=O)[C@H](Cc2ccccc2)NC1=O. The summed E-state index contributed by atoms with van der Waals surface area (Å²) in [4.78, 5) is 71.9. The molecule has 320 valence electrons. The van der Waals surface area contributed by atoms with Crippen LogP contribution in [0.5, 0.6) is 0 Å². The molecule has 3 N–H and O–H groups in total. The molecule has 61 heavy (non-hydrogen) atoms. The average molecular weight is 841 g/mol. The highest BCUT2D eigenvalue weighted by Crippen LogP contribution is 2.40. The number of carbonyl (C=O) groups is 5. The molecule has 0 aliphatic carbocycles. The van der Waals surface area contributed by atoms with Gasteiger partial charge in [0.25, 0.3) is 8.32 Å². The Labute approximate surface area is 361 Å². The van der Waals surface area contributed by atoms with Gasteiger partial charge in [-0.25, -0.2) is 0 Å². The Hall–Kier alpha value is -5.65. The van der Waals surface area contributed by atoms with Gasteiger partial charge in [0.15, 0.2) is 5.78 Å². The van der Waals surface area contributed by atoms with Crippen LogP contribution in [0.25, 0.3) is 0 Å². The van der Waals surface area contributed by atoms with Crippen molar-refractivity contribution < 1.29 is 28.4 Å². The van der Waals surface area contributed by atoms with Crippen LogP contribution in [0.15, 0.2) is 133 Å². The van der Waals surface area contributed by atoms with Crippen molar-refractivity contribution in [2.45, 2.75) is 114 Å². The number of nitrogens with one attached hydrogen (secondary N) is 3. The number of ketones is 1. The van der Waals surface area contributed by atoms with Crippen LogP contribution in [-0.4, -0.2) is 72.8 Å². The summed E-state index contributed by atoms with van der Waals surface area (Å²) >= 11 is 0. The van der Waals surface area contributed by atoms with E-state index in [0.717, 1.165) is 21.5 Å². The number of rotatable bonds is 14. The van der Waals surface area contributed by atoms with Crippen molar-refractivity contribution >= 4 is 48.1 Å². The molecule has 2 heterocycles. The summed E-state index contributed by atoms with van der Waals surface area (Å²) in [5.41, 5.74) is 0.281. The van der Waals surface area contributed by atoms with Gasteiger partial charge >= 0.3 is 0 Å². The molecule has 0 aromatic heterocycles. The molecular formula is C50H60N4O6Si. The van der Waals surface area contributed by atoms with E-state index >= 15 is 0 Å². The molecule has 6 rings (SSSR count). The van der Waals surface area contributed by atoms with Gasteiger partial charge in [-0.15, -0.1) is 0 Å². The van der Waals surface area contributed by atoms with Crippen molar-refractivity contribution in [1.29, 1.82) is 0 Å². The fourth-order valence-corrected chi connectivity index (χ4v) is 13.2. The lowest BCUT2D eigenvalue weighted by atomic mass is 9.94. The van der Waals surface area contributed by atoms with E-state index in [4.69, 9.17) is 4.43 Å².